The number of pyridine rings is 1. The van der Waals surface area contributed by atoms with Crippen LogP contribution < -0.4 is 5.32 Å². The second-order valence-electron chi connectivity index (χ2n) is 6.71. The summed E-state index contributed by atoms with van der Waals surface area (Å²) in [7, 11) is 1.30. The Hall–Kier alpha value is -3.11. The number of amides is 1. The van der Waals surface area contributed by atoms with E-state index < -0.39 is 5.97 Å². The van der Waals surface area contributed by atoms with Crippen LogP contribution in [-0.2, 0) is 4.74 Å². The third-order valence-corrected chi connectivity index (χ3v) is 6.59. The Morgan fingerprint density at radius 2 is 1.83 bits per heavy atom. The van der Waals surface area contributed by atoms with Crippen LogP contribution in [0.4, 0.5) is 5.13 Å². The predicted octanol–water partition coefficient (Wildman–Crippen LogP) is 4.68. The van der Waals surface area contributed by atoms with Crippen LogP contribution in [0.2, 0.25) is 0 Å². The third-order valence-electron chi connectivity index (χ3n) is 4.57. The van der Waals surface area contributed by atoms with E-state index in [-0.39, 0.29) is 5.91 Å². The molecule has 8 nitrogen and oxygen atoms in total. The van der Waals surface area contributed by atoms with Crippen LogP contribution >= 0.6 is 22.7 Å². The van der Waals surface area contributed by atoms with Crippen molar-refractivity contribution in [1.82, 2.24) is 15.1 Å². The number of carbonyl (C=O) groups excluding carboxylic acids is 2. The molecule has 0 fully saturated rings. The van der Waals surface area contributed by atoms with Gasteiger partial charge in [0.05, 0.1) is 35.1 Å². The summed E-state index contributed by atoms with van der Waals surface area (Å²) >= 11 is 2.72. The molecule has 0 saturated carbocycles. The smallest absolute Gasteiger partial charge is 0.350 e. The van der Waals surface area contributed by atoms with Gasteiger partial charge in [-0.2, -0.15) is 0 Å². The Balaban J connectivity index is 1.77. The van der Waals surface area contributed by atoms with Crippen molar-refractivity contribution >= 4 is 50.8 Å². The van der Waals surface area contributed by atoms with Gasteiger partial charge in [-0.3, -0.25) is 10.1 Å². The summed E-state index contributed by atoms with van der Waals surface area (Å²) in [4.78, 5) is 36.4. The largest absolute Gasteiger partial charge is 0.465 e. The maximum Gasteiger partial charge on any atom is 0.350 e. The van der Waals surface area contributed by atoms with Gasteiger partial charge in [0.15, 0.2) is 5.13 Å². The number of aryl methyl sites for hydroxylation is 4. The Morgan fingerprint density at radius 1 is 1.07 bits per heavy atom. The van der Waals surface area contributed by atoms with Gasteiger partial charge in [-0.15, -0.1) is 11.3 Å². The lowest BCUT2D eigenvalue weighted by Gasteiger charge is -2.06. The average Bonchev–Trinajstić information content (AvgIpc) is 3.37. The van der Waals surface area contributed by atoms with Gasteiger partial charge in [0.2, 0.25) is 0 Å². The van der Waals surface area contributed by atoms with Crippen molar-refractivity contribution in [2.75, 3.05) is 12.4 Å². The number of methoxy groups -OCH3 is 1. The maximum atomic E-state index is 13.2. The van der Waals surface area contributed by atoms with Crippen LogP contribution in [0, 0.1) is 27.7 Å². The van der Waals surface area contributed by atoms with E-state index in [1.165, 1.54) is 7.11 Å². The summed E-state index contributed by atoms with van der Waals surface area (Å²) in [5, 5.41) is 7.59. The fourth-order valence-electron chi connectivity index (χ4n) is 3.19. The van der Waals surface area contributed by atoms with E-state index in [2.05, 4.69) is 20.4 Å². The fourth-order valence-corrected chi connectivity index (χ4v) is 5.01. The van der Waals surface area contributed by atoms with Gasteiger partial charge in [0.1, 0.15) is 4.88 Å². The number of ether oxygens (including phenoxy) is 1. The molecule has 0 saturated heterocycles. The first-order valence-corrected chi connectivity index (χ1v) is 10.6. The predicted molar refractivity (Wildman–Crippen MR) is 115 cm³/mol. The van der Waals surface area contributed by atoms with Gasteiger partial charge >= 0.3 is 5.97 Å². The van der Waals surface area contributed by atoms with Crippen LogP contribution in [0.15, 0.2) is 16.7 Å². The molecule has 4 heterocycles. The first-order chi connectivity index (χ1) is 14.3. The zero-order valence-corrected chi connectivity index (χ0v) is 18.6. The van der Waals surface area contributed by atoms with Crippen molar-refractivity contribution in [3.63, 3.8) is 0 Å². The van der Waals surface area contributed by atoms with E-state index in [0.29, 0.717) is 43.8 Å². The number of hydrogen-bond acceptors (Lipinski definition) is 9. The average molecular weight is 443 g/mol. The Bertz CT molecular complexity index is 1300. The van der Waals surface area contributed by atoms with Crippen LogP contribution in [0.1, 0.15) is 41.2 Å². The van der Waals surface area contributed by atoms with Gasteiger partial charge in [-0.05, 0) is 39.8 Å². The molecule has 1 N–H and O–H groups in total. The van der Waals surface area contributed by atoms with E-state index in [9.17, 15) is 9.59 Å². The SMILES string of the molecule is COC(=O)c1sc(NC(=O)c2cc(-c3cc(C)sc3C)nc3onc(C)c23)nc1C. The molecule has 0 aliphatic rings. The van der Waals surface area contributed by atoms with Gasteiger partial charge in [0.25, 0.3) is 11.6 Å². The topological polar surface area (TPSA) is 107 Å². The lowest BCUT2D eigenvalue weighted by atomic mass is 10.1. The second kappa shape index (κ2) is 7.62. The lowest BCUT2D eigenvalue weighted by molar-refractivity contribution is 0.0605. The first-order valence-electron chi connectivity index (χ1n) is 9.00. The van der Waals surface area contributed by atoms with Crippen molar-refractivity contribution in [1.29, 1.82) is 0 Å². The number of thiophene rings is 1. The minimum Gasteiger partial charge on any atom is -0.465 e. The number of fused-ring (bicyclic) bond motifs is 1. The van der Waals surface area contributed by atoms with Crippen LogP contribution in [-0.4, -0.2) is 34.1 Å². The maximum absolute atomic E-state index is 13.2. The summed E-state index contributed by atoms with van der Waals surface area (Å²) < 4.78 is 10.1. The molecule has 0 spiro atoms. The van der Waals surface area contributed by atoms with Crippen molar-refractivity contribution in [2.45, 2.75) is 27.7 Å². The number of carbonyl (C=O) groups is 2. The molecule has 30 heavy (non-hydrogen) atoms. The summed E-state index contributed by atoms with van der Waals surface area (Å²) in [5.41, 5.74) is 3.32. The minimum absolute atomic E-state index is 0.295. The quantitative estimate of drug-likeness (QED) is 0.457. The lowest BCUT2D eigenvalue weighted by Crippen LogP contribution is -2.13. The minimum atomic E-state index is -0.489. The molecule has 4 aromatic rings. The van der Waals surface area contributed by atoms with E-state index in [4.69, 9.17) is 9.26 Å². The van der Waals surface area contributed by atoms with Gasteiger partial charge < -0.3 is 9.26 Å². The number of nitrogens with one attached hydrogen (secondary N) is 1. The highest BCUT2D eigenvalue weighted by Crippen LogP contribution is 2.33. The van der Waals surface area contributed by atoms with Crippen molar-refractivity contribution in [3.05, 3.63) is 43.7 Å². The second-order valence-corrected chi connectivity index (χ2v) is 9.17. The molecule has 0 aliphatic carbocycles. The van der Waals surface area contributed by atoms with Gasteiger partial charge in [-0.25, -0.2) is 14.8 Å². The molecule has 0 bridgehead atoms. The van der Waals surface area contributed by atoms with Crippen LogP contribution in [0.25, 0.3) is 22.4 Å². The molecule has 10 heteroatoms. The molecular formula is C20H18N4O4S2. The fraction of sp³-hybridized carbons (Fsp3) is 0.250. The number of nitrogens with zero attached hydrogens (tertiary/aromatic N) is 3. The van der Waals surface area contributed by atoms with Crippen LogP contribution in [0.5, 0.6) is 0 Å². The molecule has 4 rings (SSSR count). The highest BCUT2D eigenvalue weighted by atomic mass is 32.1. The Morgan fingerprint density at radius 3 is 2.50 bits per heavy atom. The monoisotopic (exact) mass is 442 g/mol. The Kier molecular flexibility index (Phi) is 5.12. The van der Waals surface area contributed by atoms with E-state index in [1.807, 2.05) is 19.9 Å². The van der Waals surface area contributed by atoms with E-state index in [0.717, 1.165) is 26.7 Å². The molecule has 0 unspecified atom stereocenters. The zero-order chi connectivity index (χ0) is 21.6. The number of aromatic nitrogens is 3. The molecule has 4 aromatic heterocycles. The summed E-state index contributed by atoms with van der Waals surface area (Å²) in [6.45, 7) is 7.48. The highest BCUT2D eigenvalue weighted by molar-refractivity contribution is 7.17. The number of anilines is 1. The number of hydrogen-bond donors (Lipinski definition) is 1. The summed E-state index contributed by atoms with van der Waals surface area (Å²) in [6.07, 6.45) is 0. The molecule has 0 radical (unpaired) electrons. The standard InChI is InChI=1S/C20H18N4O4S2/c1-8-6-12(11(4)29-8)14-7-13(15-9(2)24-28-18(15)22-14)17(25)23-20-21-10(3)16(30-20)19(26)27-5/h6-7H,1-5H3,(H,21,23,25). The number of esters is 1. The summed E-state index contributed by atoms with van der Waals surface area (Å²) in [5.74, 6) is -0.873. The highest BCUT2D eigenvalue weighted by Gasteiger charge is 2.23. The molecule has 0 aliphatic heterocycles. The Labute approximate surface area is 179 Å². The number of rotatable bonds is 4. The molecule has 0 aromatic carbocycles. The normalized spacial score (nSPS) is 11.1. The van der Waals surface area contributed by atoms with Gasteiger partial charge in [-0.1, -0.05) is 16.5 Å². The summed E-state index contributed by atoms with van der Waals surface area (Å²) in [6, 6.07) is 3.77. The van der Waals surface area contributed by atoms with Crippen molar-refractivity contribution < 1.29 is 18.8 Å². The molecular weight excluding hydrogens is 424 g/mol. The van der Waals surface area contributed by atoms with E-state index in [1.54, 1.807) is 31.3 Å². The van der Waals surface area contributed by atoms with Gasteiger partial charge in [0, 0.05) is 15.3 Å². The van der Waals surface area contributed by atoms with E-state index >= 15 is 0 Å². The van der Waals surface area contributed by atoms with Crippen LogP contribution in [0.3, 0.4) is 0 Å². The zero-order valence-electron chi connectivity index (χ0n) is 16.9. The third kappa shape index (κ3) is 3.48. The molecule has 0 atom stereocenters. The first kappa shape index (κ1) is 20.2. The van der Waals surface area contributed by atoms with Crippen molar-refractivity contribution in [3.8, 4) is 11.3 Å². The molecule has 1 amide bonds. The van der Waals surface area contributed by atoms with Crippen molar-refractivity contribution in [2.24, 2.45) is 0 Å². The number of thiazole rings is 1. The molecule has 154 valence electrons.